The first kappa shape index (κ1) is 56.8. The van der Waals surface area contributed by atoms with Crippen molar-refractivity contribution in [3.8, 4) is 0 Å². The van der Waals surface area contributed by atoms with Crippen LogP contribution in [-0.2, 0) is 100 Å². The number of hydrogen-bond donors (Lipinski definition) is 1. The normalized spacial score (nSPS) is 23.0. The molecule has 0 unspecified atom stereocenters. The highest BCUT2D eigenvalue weighted by atomic mass is 32.2. The van der Waals surface area contributed by atoms with Crippen LogP contribution < -0.4 is 0 Å². The van der Waals surface area contributed by atoms with Gasteiger partial charge in [-0.25, -0.2) is 4.68 Å². The molecule has 3 heterocycles. The van der Waals surface area contributed by atoms with Gasteiger partial charge in [-0.3, -0.25) is 0 Å². The molecule has 7 aromatic carbocycles. The predicted molar refractivity (Wildman–Crippen MR) is 303 cm³/mol. The molecular weight excluding hydrogens is 1030 g/mol. The Kier molecular flexibility index (Phi) is 21.2. The number of rotatable bonds is 28. The zero-order valence-corrected chi connectivity index (χ0v) is 45.6. The van der Waals surface area contributed by atoms with Crippen LogP contribution in [0.1, 0.15) is 44.6 Å². The second-order valence-corrected chi connectivity index (χ2v) is 20.9. The first-order valence-corrected chi connectivity index (χ1v) is 28.0. The van der Waals surface area contributed by atoms with E-state index in [4.69, 9.17) is 47.4 Å². The van der Waals surface area contributed by atoms with Crippen molar-refractivity contribution in [3.63, 3.8) is 0 Å². The van der Waals surface area contributed by atoms with Crippen LogP contribution in [0.2, 0.25) is 0 Å². The van der Waals surface area contributed by atoms with E-state index in [1.807, 2.05) is 176 Å². The maximum absolute atomic E-state index is 10.8. The third-order valence-electron chi connectivity index (χ3n) is 14.0. The molecule has 15 heteroatoms. The number of thioether (sulfide) groups is 1. The molecule has 1 aromatic heterocycles. The maximum atomic E-state index is 10.8. The fraction of sp³-hybridized carbons (Fsp3) is 0.323. The van der Waals surface area contributed by atoms with Gasteiger partial charge in [-0.05, 0) is 51.1 Å². The van der Waals surface area contributed by atoms with Crippen molar-refractivity contribution in [3.05, 3.63) is 257 Å². The summed E-state index contributed by atoms with van der Waals surface area (Å²) in [6, 6.07) is 68.4. The molecule has 2 aliphatic heterocycles. The van der Waals surface area contributed by atoms with E-state index in [1.54, 1.807) is 23.6 Å². The first-order chi connectivity index (χ1) is 39.6. The number of ether oxygens (including phenoxy) is 10. The number of nitrogens with zero attached hydrogens (tertiary/aromatic N) is 3. The van der Waals surface area contributed by atoms with Gasteiger partial charge < -0.3 is 52.5 Å². The van der Waals surface area contributed by atoms with E-state index in [0.29, 0.717) is 38.7 Å². The van der Waals surface area contributed by atoms with Gasteiger partial charge in [-0.2, -0.15) is 0 Å². The van der Waals surface area contributed by atoms with E-state index in [2.05, 4.69) is 46.7 Å². The number of aliphatic hydroxyl groups excluding tert-OH is 1. The number of methoxy groups -OCH3 is 1. The van der Waals surface area contributed by atoms with Crippen molar-refractivity contribution >= 4 is 11.8 Å². The lowest BCUT2D eigenvalue weighted by molar-refractivity contribution is -0.321. The minimum atomic E-state index is -0.822. The van der Waals surface area contributed by atoms with Gasteiger partial charge in [0.15, 0.2) is 6.29 Å². The summed E-state index contributed by atoms with van der Waals surface area (Å²) in [5.41, 5.74) is 7.04. The second kappa shape index (κ2) is 29.9. The minimum Gasteiger partial charge on any atom is -0.394 e. The predicted octanol–water partition coefficient (Wildman–Crippen LogP) is 10.5. The molecule has 8 aromatic rings. The third-order valence-corrected chi connectivity index (χ3v) is 15.2. The Bertz CT molecular complexity index is 3010. The molecule has 0 amide bonds. The lowest BCUT2D eigenvalue weighted by atomic mass is 9.97. The number of aliphatic hydroxyl groups is 1. The molecule has 0 saturated carbocycles. The molecule has 10 rings (SSSR count). The summed E-state index contributed by atoms with van der Waals surface area (Å²) in [6.07, 6.45) is -4.12. The van der Waals surface area contributed by atoms with E-state index in [1.165, 1.54) is 0 Å². The largest absolute Gasteiger partial charge is 0.394 e. The molecule has 2 aliphatic rings. The Morgan fingerprint density at radius 3 is 1.43 bits per heavy atom. The fourth-order valence-corrected chi connectivity index (χ4v) is 11.0. The Hall–Kier alpha value is -6.41. The van der Waals surface area contributed by atoms with Crippen LogP contribution in [0.15, 0.2) is 217 Å². The van der Waals surface area contributed by atoms with E-state index >= 15 is 0 Å². The Morgan fingerprint density at radius 2 is 0.887 bits per heavy atom. The monoisotopic (exact) mass is 1100 g/mol. The van der Waals surface area contributed by atoms with Crippen LogP contribution in [0, 0.1) is 0 Å². The number of hydrogen-bond acceptors (Lipinski definition) is 14. The summed E-state index contributed by atoms with van der Waals surface area (Å²) < 4.78 is 68.4. The molecule has 416 valence electrons. The standard InChI is InChI=1S/C65H69N3O11S/c1-70-64-62(75-43-51-30-16-6-17-31-51)60(73-41-49-26-12-4-13-27-49)58(56(38-69)78-64)76-44-53-33-21-20-32-52(53)36-68-37-54(66-67-68)45-77-63-61(74-42-50-28-14-5-15-29-50)59(72-40-48-24-10-3-11-25-48)57(46-71-39-47-22-8-2-9-23-47)79-65(63)80-55-34-18-7-19-35-55/h2-35,37,56-65,69H,36,38-46H2,1H3/t56-,57-,58-,59-,60+,61+,62-,63-,64+,65+/m1/s1. The SMILES string of the molecule is CO[C@H]1O[C@H](CO)[C@@H](OCc2ccccc2Cn2cc(CO[C@@H]3[C@@H](OCc4ccccc4)[C@H](OCc4ccccc4)[C@@H](COCc4ccccc4)O[C@H]3Sc3ccccc3)nn2)[C@H](OCc2ccccc2)[C@H]1OCc1ccccc1. The van der Waals surface area contributed by atoms with E-state index in [0.717, 1.165) is 43.8 Å². The molecule has 10 atom stereocenters. The molecular formula is C65H69N3O11S. The Balaban J connectivity index is 0.872. The highest BCUT2D eigenvalue weighted by Gasteiger charge is 2.50. The minimum absolute atomic E-state index is 0.112. The molecule has 80 heavy (non-hydrogen) atoms. The zero-order valence-electron chi connectivity index (χ0n) is 44.8. The van der Waals surface area contributed by atoms with Crippen molar-refractivity contribution in [2.75, 3.05) is 20.3 Å². The number of aromatic nitrogens is 3. The fourth-order valence-electron chi connectivity index (χ4n) is 9.90. The van der Waals surface area contributed by atoms with Crippen molar-refractivity contribution in [1.29, 1.82) is 0 Å². The van der Waals surface area contributed by atoms with Crippen LogP contribution in [0.3, 0.4) is 0 Å². The van der Waals surface area contributed by atoms with Crippen molar-refractivity contribution in [1.82, 2.24) is 15.0 Å². The summed E-state index contributed by atoms with van der Waals surface area (Å²) in [7, 11) is 1.56. The van der Waals surface area contributed by atoms with Crippen molar-refractivity contribution in [2.24, 2.45) is 0 Å². The summed E-state index contributed by atoms with van der Waals surface area (Å²) in [5.74, 6) is 0. The van der Waals surface area contributed by atoms with Crippen molar-refractivity contribution in [2.45, 2.75) is 118 Å². The van der Waals surface area contributed by atoms with Crippen molar-refractivity contribution < 1.29 is 52.5 Å². The Morgan fingerprint density at radius 1 is 0.450 bits per heavy atom. The first-order valence-electron chi connectivity index (χ1n) is 27.2. The molecule has 0 spiro atoms. The van der Waals surface area contributed by atoms with E-state index in [-0.39, 0.29) is 33.0 Å². The van der Waals surface area contributed by atoms with Gasteiger partial charge in [-0.1, -0.05) is 211 Å². The highest BCUT2D eigenvalue weighted by molar-refractivity contribution is 7.99. The molecule has 2 saturated heterocycles. The van der Waals surface area contributed by atoms with Gasteiger partial charge >= 0.3 is 0 Å². The summed E-state index contributed by atoms with van der Waals surface area (Å²) in [4.78, 5) is 1.02. The molecule has 1 N–H and O–H groups in total. The average molecular weight is 1100 g/mol. The summed E-state index contributed by atoms with van der Waals surface area (Å²) in [5, 5.41) is 20.0. The molecule has 0 aliphatic carbocycles. The van der Waals surface area contributed by atoms with Crippen LogP contribution in [0.4, 0.5) is 0 Å². The maximum Gasteiger partial charge on any atom is 0.186 e. The van der Waals surface area contributed by atoms with Gasteiger partial charge in [0.05, 0.1) is 72.2 Å². The quantitative estimate of drug-likeness (QED) is 0.0497. The van der Waals surface area contributed by atoms with Crippen LogP contribution in [0.25, 0.3) is 0 Å². The van der Waals surface area contributed by atoms with Gasteiger partial charge in [0.2, 0.25) is 0 Å². The molecule has 2 fully saturated rings. The van der Waals surface area contributed by atoms with Gasteiger partial charge in [0, 0.05) is 12.0 Å². The van der Waals surface area contributed by atoms with E-state index < -0.39 is 60.6 Å². The smallest absolute Gasteiger partial charge is 0.186 e. The highest BCUT2D eigenvalue weighted by Crippen LogP contribution is 2.39. The lowest BCUT2D eigenvalue weighted by Gasteiger charge is -2.46. The second-order valence-electron chi connectivity index (χ2n) is 19.7. The molecule has 0 radical (unpaired) electrons. The summed E-state index contributed by atoms with van der Waals surface area (Å²) >= 11 is 1.58. The van der Waals surface area contributed by atoms with Gasteiger partial charge in [0.1, 0.15) is 60.0 Å². The average Bonchev–Trinajstić information content (AvgIpc) is 3.98. The van der Waals surface area contributed by atoms with Gasteiger partial charge in [-0.15, -0.1) is 5.10 Å². The van der Waals surface area contributed by atoms with E-state index in [9.17, 15) is 5.11 Å². The van der Waals surface area contributed by atoms with Gasteiger partial charge in [0.25, 0.3) is 0 Å². The number of benzene rings is 7. The van der Waals surface area contributed by atoms with Crippen LogP contribution in [-0.4, -0.2) is 101 Å². The topological polar surface area (TPSA) is 143 Å². The van der Waals surface area contributed by atoms with Crippen LogP contribution in [0.5, 0.6) is 0 Å². The molecule has 0 bridgehead atoms. The lowest BCUT2D eigenvalue weighted by Crippen LogP contribution is -2.61. The summed E-state index contributed by atoms with van der Waals surface area (Å²) in [6.45, 7) is 2.26. The third kappa shape index (κ3) is 15.9. The van der Waals surface area contributed by atoms with Crippen LogP contribution >= 0.6 is 11.8 Å². The zero-order chi connectivity index (χ0) is 54.6. The Labute approximate surface area is 472 Å². The molecule has 14 nitrogen and oxygen atoms in total.